The Labute approximate surface area is 195 Å². The Morgan fingerprint density at radius 3 is 2.06 bits per heavy atom. The van der Waals surface area contributed by atoms with Crippen molar-refractivity contribution in [2.75, 3.05) is 0 Å². The van der Waals surface area contributed by atoms with Crippen LogP contribution in [0.5, 0.6) is 0 Å². The highest BCUT2D eigenvalue weighted by Crippen LogP contribution is 2.18. The summed E-state index contributed by atoms with van der Waals surface area (Å²) < 4.78 is 0.988. The van der Waals surface area contributed by atoms with Crippen molar-refractivity contribution in [3.05, 3.63) is 69.7 Å². The first-order chi connectivity index (χ1) is 14.7. The minimum atomic E-state index is -0.534. The van der Waals surface area contributed by atoms with Gasteiger partial charge >= 0.3 is 0 Å². The lowest BCUT2D eigenvalue weighted by Crippen LogP contribution is -2.49. The zero-order valence-corrected chi connectivity index (χ0v) is 20.9. The molecule has 0 radical (unpaired) electrons. The van der Waals surface area contributed by atoms with E-state index in [1.54, 1.807) is 4.90 Å². The molecule has 0 saturated carbocycles. The number of halogens is 1. The topological polar surface area (TPSA) is 49.4 Å². The highest BCUT2D eigenvalue weighted by Gasteiger charge is 2.26. The van der Waals surface area contributed by atoms with Gasteiger partial charge in [0.05, 0.1) is 0 Å². The molecule has 4 nitrogen and oxygen atoms in total. The van der Waals surface area contributed by atoms with Gasteiger partial charge in [0.25, 0.3) is 0 Å². The second-order valence-corrected chi connectivity index (χ2v) is 9.45. The summed E-state index contributed by atoms with van der Waals surface area (Å²) in [7, 11) is 0. The van der Waals surface area contributed by atoms with Crippen molar-refractivity contribution in [2.45, 2.75) is 78.4 Å². The number of hydrogen-bond donors (Lipinski definition) is 1. The maximum absolute atomic E-state index is 13.2. The van der Waals surface area contributed by atoms with Crippen LogP contribution < -0.4 is 5.32 Å². The van der Waals surface area contributed by atoms with Crippen LogP contribution in [0.2, 0.25) is 0 Å². The molecule has 2 unspecified atom stereocenters. The summed E-state index contributed by atoms with van der Waals surface area (Å²) in [5.74, 6) is 0.366. The van der Waals surface area contributed by atoms with Crippen molar-refractivity contribution in [1.82, 2.24) is 10.2 Å². The molecule has 0 heterocycles. The van der Waals surface area contributed by atoms with Crippen molar-refractivity contribution in [2.24, 2.45) is 0 Å². The Morgan fingerprint density at radius 1 is 0.935 bits per heavy atom. The number of nitrogens with zero attached hydrogens (tertiary/aromatic N) is 1. The molecule has 31 heavy (non-hydrogen) atoms. The molecule has 2 atom stereocenters. The quantitative estimate of drug-likeness (QED) is 0.458. The lowest BCUT2D eigenvalue weighted by atomic mass is 10.00. The molecule has 2 aromatic rings. The van der Waals surface area contributed by atoms with Gasteiger partial charge in [-0.05, 0) is 61.4 Å². The normalized spacial score (nSPS) is 13.0. The standard InChI is InChI=1S/C26H35BrN2O2/c1-6-19(4)28-26(31)20(5)29(17-22-9-14-24(27)15-10-22)25(30)16-11-21-7-12-23(13-8-21)18(2)3/h7-10,12-15,18-20H,6,11,16-17H2,1-5H3,(H,28,31). The molecule has 0 aliphatic heterocycles. The average Bonchev–Trinajstić information content (AvgIpc) is 2.76. The van der Waals surface area contributed by atoms with E-state index in [9.17, 15) is 9.59 Å². The molecule has 2 rings (SSSR count). The van der Waals surface area contributed by atoms with Gasteiger partial charge in [0.15, 0.2) is 0 Å². The zero-order valence-electron chi connectivity index (χ0n) is 19.3. The van der Waals surface area contributed by atoms with Crippen LogP contribution in [-0.4, -0.2) is 28.8 Å². The fraction of sp³-hybridized carbons (Fsp3) is 0.462. The van der Waals surface area contributed by atoms with Gasteiger partial charge < -0.3 is 10.2 Å². The van der Waals surface area contributed by atoms with Crippen LogP contribution in [0.15, 0.2) is 53.0 Å². The Balaban J connectivity index is 2.12. The van der Waals surface area contributed by atoms with Gasteiger partial charge in [0.2, 0.25) is 11.8 Å². The maximum Gasteiger partial charge on any atom is 0.242 e. The van der Waals surface area contributed by atoms with Gasteiger partial charge in [-0.25, -0.2) is 0 Å². The Hall–Kier alpha value is -2.14. The smallest absolute Gasteiger partial charge is 0.242 e. The number of nitrogens with one attached hydrogen (secondary N) is 1. The number of amides is 2. The number of carbonyl (C=O) groups excluding carboxylic acids is 2. The molecule has 0 spiro atoms. The SMILES string of the molecule is CCC(C)NC(=O)C(C)N(Cc1ccc(Br)cc1)C(=O)CCc1ccc(C(C)C)cc1. The third kappa shape index (κ3) is 7.80. The Kier molecular flexibility index (Phi) is 9.76. The van der Waals surface area contributed by atoms with E-state index in [-0.39, 0.29) is 17.9 Å². The predicted molar refractivity (Wildman–Crippen MR) is 131 cm³/mol. The van der Waals surface area contributed by atoms with Gasteiger partial charge in [0, 0.05) is 23.5 Å². The molecule has 0 fully saturated rings. The third-order valence-corrected chi connectivity index (χ3v) is 6.24. The second kappa shape index (κ2) is 12.0. The molecule has 0 aliphatic rings. The summed E-state index contributed by atoms with van der Waals surface area (Å²) in [6, 6.07) is 15.9. The second-order valence-electron chi connectivity index (χ2n) is 8.54. The molecule has 0 saturated heterocycles. The van der Waals surface area contributed by atoms with Gasteiger partial charge in [-0.15, -0.1) is 0 Å². The summed E-state index contributed by atoms with van der Waals surface area (Å²) in [6.45, 7) is 10.6. The Bertz CT molecular complexity index is 847. The predicted octanol–water partition coefficient (Wildman–Crippen LogP) is 5.84. The minimum Gasteiger partial charge on any atom is -0.352 e. The van der Waals surface area contributed by atoms with E-state index < -0.39 is 6.04 Å². The van der Waals surface area contributed by atoms with Crippen molar-refractivity contribution in [3.63, 3.8) is 0 Å². The molecule has 5 heteroatoms. The maximum atomic E-state index is 13.2. The summed E-state index contributed by atoms with van der Waals surface area (Å²) in [6.07, 6.45) is 1.89. The van der Waals surface area contributed by atoms with E-state index in [0.29, 0.717) is 25.3 Å². The van der Waals surface area contributed by atoms with E-state index in [4.69, 9.17) is 0 Å². The first-order valence-electron chi connectivity index (χ1n) is 11.1. The van der Waals surface area contributed by atoms with E-state index in [2.05, 4.69) is 59.4 Å². The molecule has 0 aromatic heterocycles. The van der Waals surface area contributed by atoms with Crippen LogP contribution in [0, 0.1) is 0 Å². The number of aryl methyl sites for hydroxylation is 1. The van der Waals surface area contributed by atoms with Gasteiger partial charge in [0.1, 0.15) is 6.04 Å². The zero-order chi connectivity index (χ0) is 23.0. The molecule has 168 valence electrons. The van der Waals surface area contributed by atoms with Crippen LogP contribution in [0.1, 0.15) is 70.1 Å². The monoisotopic (exact) mass is 486 g/mol. The molecule has 1 N–H and O–H groups in total. The van der Waals surface area contributed by atoms with Crippen LogP contribution in [0.3, 0.4) is 0 Å². The lowest BCUT2D eigenvalue weighted by Gasteiger charge is -2.30. The van der Waals surface area contributed by atoms with E-state index in [0.717, 1.165) is 22.0 Å². The number of benzene rings is 2. The first-order valence-corrected chi connectivity index (χ1v) is 11.9. The highest BCUT2D eigenvalue weighted by molar-refractivity contribution is 9.10. The molecule has 0 aliphatic carbocycles. The summed E-state index contributed by atoms with van der Waals surface area (Å²) in [5, 5.41) is 3.01. The van der Waals surface area contributed by atoms with Crippen molar-refractivity contribution < 1.29 is 9.59 Å². The fourth-order valence-electron chi connectivity index (χ4n) is 3.30. The fourth-order valence-corrected chi connectivity index (χ4v) is 3.56. The van der Waals surface area contributed by atoms with E-state index in [1.807, 2.05) is 45.0 Å². The highest BCUT2D eigenvalue weighted by atomic mass is 79.9. The van der Waals surface area contributed by atoms with Gasteiger partial charge in [-0.2, -0.15) is 0 Å². The van der Waals surface area contributed by atoms with Crippen molar-refractivity contribution >= 4 is 27.7 Å². The van der Waals surface area contributed by atoms with Crippen LogP contribution in [0.25, 0.3) is 0 Å². The molecule has 2 aromatic carbocycles. The number of carbonyl (C=O) groups is 2. The van der Waals surface area contributed by atoms with Crippen LogP contribution in [-0.2, 0) is 22.6 Å². The van der Waals surface area contributed by atoms with Crippen molar-refractivity contribution in [1.29, 1.82) is 0 Å². The average molecular weight is 487 g/mol. The van der Waals surface area contributed by atoms with E-state index in [1.165, 1.54) is 5.56 Å². The number of rotatable bonds is 10. The van der Waals surface area contributed by atoms with Crippen LogP contribution in [0.4, 0.5) is 0 Å². The summed E-state index contributed by atoms with van der Waals surface area (Å²) >= 11 is 3.45. The van der Waals surface area contributed by atoms with Crippen molar-refractivity contribution in [3.8, 4) is 0 Å². The van der Waals surface area contributed by atoms with Gasteiger partial charge in [-0.3, -0.25) is 9.59 Å². The Morgan fingerprint density at radius 2 is 1.52 bits per heavy atom. The summed E-state index contributed by atoms with van der Waals surface area (Å²) in [5.41, 5.74) is 3.43. The largest absolute Gasteiger partial charge is 0.352 e. The summed E-state index contributed by atoms with van der Waals surface area (Å²) in [4.78, 5) is 27.7. The number of hydrogen-bond acceptors (Lipinski definition) is 2. The third-order valence-electron chi connectivity index (χ3n) is 5.71. The molecule has 2 amide bonds. The lowest BCUT2D eigenvalue weighted by molar-refractivity contribution is -0.140. The first kappa shape index (κ1) is 25.1. The molecular formula is C26H35BrN2O2. The van der Waals surface area contributed by atoms with Crippen LogP contribution >= 0.6 is 15.9 Å². The van der Waals surface area contributed by atoms with E-state index >= 15 is 0 Å². The minimum absolute atomic E-state index is 0.0114. The molecule has 0 bridgehead atoms. The molecular weight excluding hydrogens is 452 g/mol. The van der Waals surface area contributed by atoms with Gasteiger partial charge in [-0.1, -0.05) is 73.1 Å².